The lowest BCUT2D eigenvalue weighted by Crippen LogP contribution is -2.22. The number of hydrogen-bond acceptors (Lipinski definition) is 4. The molecular weight excluding hydrogens is 352 g/mol. The largest absolute Gasteiger partial charge is 0.253 e. The third-order valence-electron chi connectivity index (χ3n) is 3.88. The minimum absolute atomic E-state index is 0.325. The summed E-state index contributed by atoms with van der Waals surface area (Å²) in [4.78, 5) is 6.04. The monoisotopic (exact) mass is 372 g/mol. The topological polar surface area (TPSA) is 50.3 Å². The molecule has 25 heavy (non-hydrogen) atoms. The summed E-state index contributed by atoms with van der Waals surface area (Å²) in [5, 5.41) is 1.12. The molecule has 0 unspecified atom stereocenters. The molecule has 0 saturated heterocycles. The van der Waals surface area contributed by atoms with Crippen LogP contribution in [0.2, 0.25) is 0 Å². The van der Waals surface area contributed by atoms with Gasteiger partial charge < -0.3 is 0 Å². The zero-order chi connectivity index (χ0) is 18.0. The molecule has 0 radical (unpaired) electrons. The lowest BCUT2D eigenvalue weighted by atomic mass is 10.2. The van der Waals surface area contributed by atoms with Gasteiger partial charge in [-0.05, 0) is 36.8 Å². The second kappa shape index (κ2) is 7.15. The lowest BCUT2D eigenvalue weighted by molar-refractivity contribution is 0.520. The number of aryl methyl sites for hydroxylation is 1. The van der Waals surface area contributed by atoms with Gasteiger partial charge in [0.25, 0.3) is 0 Å². The second-order valence-corrected chi connectivity index (χ2v) is 9.17. The van der Waals surface area contributed by atoms with E-state index in [0.717, 1.165) is 27.1 Å². The molecule has 6 heteroatoms. The number of para-hydroxylation sites is 1. The maximum atomic E-state index is 12.3. The number of benzene rings is 2. The molecule has 0 fully saturated rings. The van der Waals surface area contributed by atoms with E-state index in [1.54, 1.807) is 44.1 Å². The highest BCUT2D eigenvalue weighted by Crippen LogP contribution is 2.30. The first kappa shape index (κ1) is 17.9. The van der Waals surface area contributed by atoms with Crippen LogP contribution in [0.15, 0.2) is 64.4 Å². The smallest absolute Gasteiger partial charge is 0.242 e. The molecule has 0 aliphatic carbocycles. The molecule has 1 aromatic heterocycles. The molecular formula is C19H20N2O2S2. The van der Waals surface area contributed by atoms with E-state index in [1.165, 1.54) is 4.31 Å². The van der Waals surface area contributed by atoms with E-state index in [4.69, 9.17) is 0 Å². The minimum atomic E-state index is -3.41. The molecule has 0 amide bonds. The van der Waals surface area contributed by atoms with Gasteiger partial charge in [0.05, 0.1) is 10.4 Å². The van der Waals surface area contributed by atoms with Crippen molar-refractivity contribution < 1.29 is 8.42 Å². The third kappa shape index (κ3) is 3.86. The highest BCUT2D eigenvalue weighted by molar-refractivity contribution is 7.98. The van der Waals surface area contributed by atoms with Gasteiger partial charge in [-0.15, -0.1) is 11.8 Å². The van der Waals surface area contributed by atoms with E-state index < -0.39 is 10.0 Å². The molecule has 4 nitrogen and oxygen atoms in total. The van der Waals surface area contributed by atoms with Crippen LogP contribution in [0.3, 0.4) is 0 Å². The zero-order valence-electron chi connectivity index (χ0n) is 14.4. The number of fused-ring (bicyclic) bond motifs is 1. The zero-order valence-corrected chi connectivity index (χ0v) is 16.1. The number of rotatable bonds is 5. The predicted molar refractivity (Wildman–Crippen MR) is 103 cm³/mol. The van der Waals surface area contributed by atoms with E-state index in [9.17, 15) is 8.42 Å². The van der Waals surface area contributed by atoms with E-state index in [-0.39, 0.29) is 0 Å². The van der Waals surface area contributed by atoms with Crippen molar-refractivity contribution in [3.05, 3.63) is 65.9 Å². The van der Waals surface area contributed by atoms with Gasteiger partial charge in [0.1, 0.15) is 0 Å². The summed E-state index contributed by atoms with van der Waals surface area (Å²) in [7, 11) is -0.321. The number of thioether (sulfide) groups is 1. The molecule has 3 rings (SSSR count). The van der Waals surface area contributed by atoms with Crippen LogP contribution in [0.25, 0.3) is 10.9 Å². The van der Waals surface area contributed by atoms with Crippen LogP contribution in [0.4, 0.5) is 0 Å². The highest BCUT2D eigenvalue weighted by Gasteiger charge is 2.17. The quantitative estimate of drug-likeness (QED) is 0.633. The number of nitrogens with zero attached hydrogens (tertiary/aromatic N) is 2. The van der Waals surface area contributed by atoms with Crippen LogP contribution in [0, 0.1) is 6.92 Å². The van der Waals surface area contributed by atoms with Crippen molar-refractivity contribution in [2.45, 2.75) is 22.5 Å². The Morgan fingerprint density at radius 3 is 2.56 bits per heavy atom. The van der Waals surface area contributed by atoms with E-state index in [0.29, 0.717) is 10.6 Å². The Morgan fingerprint density at radius 2 is 1.80 bits per heavy atom. The van der Waals surface area contributed by atoms with Gasteiger partial charge in [-0.3, -0.25) is 4.98 Å². The fourth-order valence-corrected chi connectivity index (χ4v) is 4.61. The summed E-state index contributed by atoms with van der Waals surface area (Å²) in [5.74, 6) is 0.699. The molecule has 2 aromatic carbocycles. The number of aromatic nitrogens is 1. The molecule has 0 bridgehead atoms. The van der Waals surface area contributed by atoms with E-state index in [1.807, 2.05) is 31.2 Å². The molecule has 0 aliphatic rings. The molecule has 0 aliphatic heterocycles. The summed E-state index contributed by atoms with van der Waals surface area (Å²) in [6, 6.07) is 17.3. The summed E-state index contributed by atoms with van der Waals surface area (Å²) >= 11 is 1.70. The van der Waals surface area contributed by atoms with Crippen molar-refractivity contribution in [2.75, 3.05) is 14.1 Å². The Labute approximate surface area is 152 Å². The van der Waals surface area contributed by atoms with Crippen molar-refractivity contribution >= 4 is 32.7 Å². The van der Waals surface area contributed by atoms with Crippen LogP contribution in [0.1, 0.15) is 11.3 Å². The molecule has 0 saturated carbocycles. The molecule has 0 atom stereocenters. The van der Waals surface area contributed by atoms with E-state index in [2.05, 4.69) is 17.1 Å². The van der Waals surface area contributed by atoms with Crippen LogP contribution in [0.5, 0.6) is 0 Å². The SMILES string of the molecule is Cc1cc(SCc2cccc(S(=O)(=O)N(C)C)c2)c2ccccc2n1. The first-order valence-corrected chi connectivity index (χ1v) is 10.3. The molecule has 3 aromatic rings. The van der Waals surface area contributed by atoms with Gasteiger partial charge in [0, 0.05) is 35.8 Å². The highest BCUT2D eigenvalue weighted by atomic mass is 32.2. The lowest BCUT2D eigenvalue weighted by Gasteiger charge is -2.12. The first-order valence-electron chi connectivity index (χ1n) is 7.88. The Kier molecular flexibility index (Phi) is 5.13. The predicted octanol–water partition coefficient (Wildman–Crippen LogP) is 4.09. The van der Waals surface area contributed by atoms with Crippen molar-refractivity contribution in [3.63, 3.8) is 0 Å². The maximum Gasteiger partial charge on any atom is 0.242 e. The van der Waals surface area contributed by atoms with Gasteiger partial charge in [-0.2, -0.15) is 0 Å². The summed E-state index contributed by atoms with van der Waals surface area (Å²) in [5.41, 5.74) is 2.94. The Morgan fingerprint density at radius 1 is 1.04 bits per heavy atom. The minimum Gasteiger partial charge on any atom is -0.253 e. The molecule has 1 heterocycles. The number of hydrogen-bond donors (Lipinski definition) is 0. The fourth-order valence-electron chi connectivity index (χ4n) is 2.56. The standard InChI is InChI=1S/C19H20N2O2S2/c1-14-11-19(17-9-4-5-10-18(17)20-14)24-13-15-7-6-8-16(12-15)25(22,23)21(2)3/h4-12H,13H2,1-3H3. The first-order chi connectivity index (χ1) is 11.9. The van der Waals surface area contributed by atoms with Crippen LogP contribution in [-0.4, -0.2) is 31.8 Å². The molecule has 0 N–H and O–H groups in total. The van der Waals surface area contributed by atoms with Crippen LogP contribution >= 0.6 is 11.8 Å². The Bertz CT molecular complexity index is 1010. The summed E-state index contributed by atoms with van der Waals surface area (Å²) < 4.78 is 25.8. The summed E-state index contributed by atoms with van der Waals surface area (Å²) in [6.45, 7) is 1.99. The van der Waals surface area contributed by atoms with Crippen molar-refractivity contribution in [1.29, 1.82) is 0 Å². The van der Waals surface area contributed by atoms with Gasteiger partial charge in [0.15, 0.2) is 0 Å². The van der Waals surface area contributed by atoms with Gasteiger partial charge >= 0.3 is 0 Å². The Hall–Kier alpha value is -1.89. The van der Waals surface area contributed by atoms with Crippen molar-refractivity contribution in [2.24, 2.45) is 0 Å². The molecule has 130 valence electrons. The average molecular weight is 373 g/mol. The second-order valence-electron chi connectivity index (χ2n) is 6.00. The van der Waals surface area contributed by atoms with Gasteiger partial charge in [0.2, 0.25) is 10.0 Å². The average Bonchev–Trinajstić information content (AvgIpc) is 2.59. The van der Waals surface area contributed by atoms with Crippen molar-refractivity contribution in [1.82, 2.24) is 9.29 Å². The number of pyridine rings is 1. The fraction of sp³-hybridized carbons (Fsp3) is 0.211. The number of sulfonamides is 1. The summed E-state index contributed by atoms with van der Waals surface area (Å²) in [6.07, 6.45) is 0. The molecule has 0 spiro atoms. The third-order valence-corrected chi connectivity index (χ3v) is 6.82. The van der Waals surface area contributed by atoms with Crippen molar-refractivity contribution in [3.8, 4) is 0 Å². The normalized spacial score (nSPS) is 12.0. The van der Waals surface area contributed by atoms with Gasteiger partial charge in [-0.25, -0.2) is 12.7 Å². The maximum absolute atomic E-state index is 12.3. The van der Waals surface area contributed by atoms with Crippen LogP contribution < -0.4 is 0 Å². The van der Waals surface area contributed by atoms with E-state index >= 15 is 0 Å². The van der Waals surface area contributed by atoms with Gasteiger partial charge in [-0.1, -0.05) is 30.3 Å². The van der Waals surface area contributed by atoms with Crippen LogP contribution in [-0.2, 0) is 15.8 Å². The Balaban J connectivity index is 1.88.